The number of likely N-dealkylation sites (N-methyl/N-ethyl adjacent to an activating group) is 1. The van der Waals surface area contributed by atoms with Gasteiger partial charge in [0.1, 0.15) is 0 Å². The van der Waals surface area contributed by atoms with E-state index in [1.807, 2.05) is 36.1 Å². The van der Waals surface area contributed by atoms with Crippen molar-refractivity contribution in [2.45, 2.75) is 49.6 Å². The molecule has 0 heterocycles. The Balaban J connectivity index is 1.57. The Bertz CT molecular complexity index is 576. The first-order valence-corrected chi connectivity index (χ1v) is 9.98. The summed E-state index contributed by atoms with van der Waals surface area (Å²) in [6.45, 7) is 2.76. The number of carbonyl (C=O) groups is 2. The lowest BCUT2D eigenvalue weighted by Gasteiger charge is -2.42. The zero-order valence-corrected chi connectivity index (χ0v) is 16.0. The SMILES string of the molecule is CCN(CC(=O)O)C1CC(NC(=O)CCCSc2ccc(Cl)cc2)C1. The van der Waals surface area contributed by atoms with E-state index in [1.165, 1.54) is 0 Å². The van der Waals surface area contributed by atoms with E-state index in [2.05, 4.69) is 5.32 Å². The smallest absolute Gasteiger partial charge is 0.317 e. The number of hydrogen-bond donors (Lipinski definition) is 2. The van der Waals surface area contributed by atoms with Crippen LogP contribution in [-0.2, 0) is 9.59 Å². The second-order valence-corrected chi connectivity index (χ2v) is 7.86. The second-order valence-electron chi connectivity index (χ2n) is 6.25. The molecular formula is C18H25ClN2O3S. The quantitative estimate of drug-likeness (QED) is 0.478. The largest absolute Gasteiger partial charge is 0.480 e. The molecule has 0 aliphatic heterocycles. The summed E-state index contributed by atoms with van der Waals surface area (Å²) >= 11 is 7.57. The molecule has 1 aliphatic carbocycles. The number of carboxylic acid groups (broad SMARTS) is 1. The first kappa shape index (κ1) is 20.1. The molecule has 0 bridgehead atoms. The molecule has 1 aliphatic rings. The number of amides is 1. The molecule has 0 spiro atoms. The van der Waals surface area contributed by atoms with Crippen LogP contribution in [-0.4, -0.2) is 52.8 Å². The summed E-state index contributed by atoms with van der Waals surface area (Å²) in [5.74, 6) is 0.179. The molecule has 0 saturated heterocycles. The first-order valence-electron chi connectivity index (χ1n) is 8.61. The Hall–Kier alpha value is -1.24. The highest BCUT2D eigenvalue weighted by atomic mass is 35.5. The first-order chi connectivity index (χ1) is 12.0. The summed E-state index contributed by atoms with van der Waals surface area (Å²) in [5.41, 5.74) is 0. The van der Waals surface area contributed by atoms with Crippen molar-refractivity contribution in [2.75, 3.05) is 18.8 Å². The number of aliphatic carboxylic acids is 1. The van der Waals surface area contributed by atoms with Crippen LogP contribution in [0.2, 0.25) is 5.02 Å². The molecule has 1 aromatic rings. The van der Waals surface area contributed by atoms with E-state index in [4.69, 9.17) is 16.7 Å². The number of benzene rings is 1. The number of hydrogen-bond acceptors (Lipinski definition) is 4. The van der Waals surface area contributed by atoms with E-state index in [9.17, 15) is 9.59 Å². The minimum atomic E-state index is -0.799. The van der Waals surface area contributed by atoms with Crippen molar-refractivity contribution in [3.05, 3.63) is 29.3 Å². The molecule has 0 atom stereocenters. The number of thioether (sulfide) groups is 1. The van der Waals surface area contributed by atoms with Crippen molar-refractivity contribution < 1.29 is 14.7 Å². The van der Waals surface area contributed by atoms with Gasteiger partial charge < -0.3 is 10.4 Å². The van der Waals surface area contributed by atoms with Gasteiger partial charge >= 0.3 is 5.97 Å². The minimum Gasteiger partial charge on any atom is -0.480 e. The molecule has 1 fully saturated rings. The molecule has 0 aromatic heterocycles. The van der Waals surface area contributed by atoms with E-state index < -0.39 is 5.97 Å². The zero-order chi connectivity index (χ0) is 18.2. The van der Waals surface area contributed by atoms with Gasteiger partial charge in [-0.2, -0.15) is 0 Å². The topological polar surface area (TPSA) is 69.6 Å². The third-order valence-corrected chi connectivity index (χ3v) is 5.72. The van der Waals surface area contributed by atoms with E-state index in [0.717, 1.165) is 41.5 Å². The summed E-state index contributed by atoms with van der Waals surface area (Å²) in [6.07, 6.45) is 3.03. The minimum absolute atomic E-state index is 0.0732. The van der Waals surface area contributed by atoms with Crippen LogP contribution in [0.3, 0.4) is 0 Å². The molecule has 1 aromatic carbocycles. The van der Waals surface area contributed by atoms with Crippen LogP contribution in [0.15, 0.2) is 29.2 Å². The molecule has 2 N–H and O–H groups in total. The molecule has 1 amide bonds. The van der Waals surface area contributed by atoms with Gasteiger partial charge in [0, 0.05) is 28.4 Å². The van der Waals surface area contributed by atoms with Crippen LogP contribution in [0.25, 0.3) is 0 Å². The fraction of sp³-hybridized carbons (Fsp3) is 0.556. The van der Waals surface area contributed by atoms with Gasteiger partial charge in [0.25, 0.3) is 0 Å². The van der Waals surface area contributed by atoms with Crippen LogP contribution in [0.4, 0.5) is 0 Å². The lowest BCUT2D eigenvalue weighted by molar-refractivity contribution is -0.139. The summed E-state index contributed by atoms with van der Waals surface area (Å²) < 4.78 is 0. The van der Waals surface area contributed by atoms with Gasteiger partial charge in [0.15, 0.2) is 0 Å². The number of rotatable bonds is 10. The highest BCUT2D eigenvalue weighted by molar-refractivity contribution is 7.99. The second kappa shape index (κ2) is 10.0. The fourth-order valence-electron chi connectivity index (χ4n) is 2.93. The highest BCUT2D eigenvalue weighted by Crippen LogP contribution is 2.26. The van der Waals surface area contributed by atoms with E-state index in [0.29, 0.717) is 6.42 Å². The Morgan fingerprint density at radius 1 is 1.32 bits per heavy atom. The van der Waals surface area contributed by atoms with Crippen LogP contribution >= 0.6 is 23.4 Å². The number of carboxylic acids is 1. The van der Waals surface area contributed by atoms with E-state index in [1.54, 1.807) is 11.8 Å². The molecular weight excluding hydrogens is 360 g/mol. The number of halogens is 1. The van der Waals surface area contributed by atoms with Crippen molar-refractivity contribution in [3.8, 4) is 0 Å². The third kappa shape index (κ3) is 6.88. The van der Waals surface area contributed by atoms with Gasteiger partial charge in [-0.15, -0.1) is 11.8 Å². The highest BCUT2D eigenvalue weighted by Gasteiger charge is 2.34. The fourth-order valence-corrected chi connectivity index (χ4v) is 3.91. The molecule has 1 saturated carbocycles. The Labute approximate surface area is 158 Å². The van der Waals surface area contributed by atoms with Crippen LogP contribution in [0.5, 0.6) is 0 Å². The van der Waals surface area contributed by atoms with Gasteiger partial charge in [-0.05, 0) is 55.8 Å². The Morgan fingerprint density at radius 3 is 2.60 bits per heavy atom. The number of nitrogens with zero attached hydrogens (tertiary/aromatic N) is 1. The molecule has 25 heavy (non-hydrogen) atoms. The van der Waals surface area contributed by atoms with Gasteiger partial charge in [-0.25, -0.2) is 0 Å². The van der Waals surface area contributed by atoms with Crippen LogP contribution < -0.4 is 5.32 Å². The van der Waals surface area contributed by atoms with Crippen molar-refractivity contribution in [2.24, 2.45) is 0 Å². The van der Waals surface area contributed by atoms with Gasteiger partial charge in [0.05, 0.1) is 6.54 Å². The normalized spacial score (nSPS) is 19.5. The zero-order valence-electron chi connectivity index (χ0n) is 14.4. The van der Waals surface area contributed by atoms with Crippen molar-refractivity contribution in [1.82, 2.24) is 10.2 Å². The maximum Gasteiger partial charge on any atom is 0.317 e. The molecule has 138 valence electrons. The lowest BCUT2D eigenvalue weighted by atomic mass is 9.85. The number of carbonyl (C=O) groups excluding carboxylic acids is 1. The Kier molecular flexibility index (Phi) is 8.06. The number of nitrogens with one attached hydrogen (secondary N) is 1. The predicted octanol–water partition coefficient (Wildman–Crippen LogP) is 3.27. The lowest BCUT2D eigenvalue weighted by Crippen LogP contribution is -2.54. The third-order valence-electron chi connectivity index (χ3n) is 4.37. The van der Waals surface area contributed by atoms with Gasteiger partial charge in [-0.1, -0.05) is 18.5 Å². The van der Waals surface area contributed by atoms with Crippen molar-refractivity contribution in [1.29, 1.82) is 0 Å². The van der Waals surface area contributed by atoms with Crippen molar-refractivity contribution >= 4 is 35.2 Å². The van der Waals surface area contributed by atoms with Gasteiger partial charge in [0.2, 0.25) is 5.91 Å². The van der Waals surface area contributed by atoms with Crippen LogP contribution in [0.1, 0.15) is 32.6 Å². The average Bonchev–Trinajstić information content (AvgIpc) is 2.54. The Morgan fingerprint density at radius 2 is 2.00 bits per heavy atom. The average molecular weight is 385 g/mol. The summed E-state index contributed by atoms with van der Waals surface area (Å²) in [4.78, 5) is 25.9. The van der Waals surface area contributed by atoms with Crippen molar-refractivity contribution in [3.63, 3.8) is 0 Å². The maximum absolute atomic E-state index is 12.0. The standard InChI is InChI=1S/C18H25ClN2O3S/c1-2-21(12-18(23)24)15-10-14(11-15)20-17(22)4-3-9-25-16-7-5-13(19)6-8-16/h5-8,14-15H,2-4,9-12H2,1H3,(H,20,22)(H,23,24). The molecule has 0 radical (unpaired) electrons. The van der Waals surface area contributed by atoms with Gasteiger partial charge in [-0.3, -0.25) is 14.5 Å². The summed E-state index contributed by atoms with van der Waals surface area (Å²) in [5, 5.41) is 12.7. The van der Waals surface area contributed by atoms with E-state index >= 15 is 0 Å². The van der Waals surface area contributed by atoms with E-state index in [-0.39, 0.29) is 24.5 Å². The molecule has 5 nitrogen and oxygen atoms in total. The maximum atomic E-state index is 12.0. The molecule has 0 unspecified atom stereocenters. The molecule has 7 heteroatoms. The monoisotopic (exact) mass is 384 g/mol. The van der Waals surface area contributed by atoms with Crippen LogP contribution in [0, 0.1) is 0 Å². The summed E-state index contributed by atoms with van der Waals surface area (Å²) in [7, 11) is 0. The summed E-state index contributed by atoms with van der Waals surface area (Å²) in [6, 6.07) is 8.16. The molecule has 2 rings (SSSR count). The predicted molar refractivity (Wildman–Crippen MR) is 101 cm³/mol.